The lowest BCUT2D eigenvalue weighted by atomic mass is 10.1. The van der Waals surface area contributed by atoms with E-state index < -0.39 is 15.8 Å². The minimum atomic E-state index is -3.72. The van der Waals surface area contributed by atoms with Gasteiger partial charge in [0, 0.05) is 24.2 Å². The molecule has 5 nitrogen and oxygen atoms in total. The van der Waals surface area contributed by atoms with Crippen molar-refractivity contribution in [1.82, 2.24) is 4.31 Å². The van der Waals surface area contributed by atoms with Crippen LogP contribution in [0.15, 0.2) is 21.5 Å². The number of hydrogen-bond donors (Lipinski definition) is 2. The fourth-order valence-corrected chi connectivity index (χ4v) is 4.59. The number of anilines is 1. The summed E-state index contributed by atoms with van der Waals surface area (Å²) in [5.41, 5.74) is 5.21. The van der Waals surface area contributed by atoms with Crippen LogP contribution in [0.5, 0.6) is 0 Å². The summed E-state index contributed by atoms with van der Waals surface area (Å²) >= 11 is 3.05. The molecule has 0 amide bonds. The molecule has 2 rings (SSSR count). The Labute approximate surface area is 119 Å². The van der Waals surface area contributed by atoms with Gasteiger partial charge in [-0.05, 0) is 40.4 Å². The van der Waals surface area contributed by atoms with Crippen LogP contribution in [0.2, 0.25) is 0 Å². The Morgan fingerprint density at radius 1 is 1.53 bits per heavy atom. The van der Waals surface area contributed by atoms with Crippen molar-refractivity contribution in [2.24, 2.45) is 5.92 Å². The highest BCUT2D eigenvalue weighted by molar-refractivity contribution is 9.10. The smallest absolute Gasteiger partial charge is 0.244 e. The van der Waals surface area contributed by atoms with E-state index in [1.807, 2.05) is 0 Å². The highest BCUT2D eigenvalue weighted by Gasteiger charge is 2.33. The summed E-state index contributed by atoms with van der Waals surface area (Å²) < 4.78 is 39.5. The second kappa shape index (κ2) is 5.35. The highest BCUT2D eigenvalue weighted by Crippen LogP contribution is 2.31. The number of nitrogens with two attached hydrogens (primary N) is 1. The molecular formula is C11H14BrFN2O3S. The van der Waals surface area contributed by atoms with Crippen LogP contribution < -0.4 is 5.73 Å². The van der Waals surface area contributed by atoms with Gasteiger partial charge in [-0.25, -0.2) is 12.8 Å². The molecule has 0 bridgehead atoms. The Morgan fingerprint density at radius 3 is 2.79 bits per heavy atom. The van der Waals surface area contributed by atoms with Crippen molar-refractivity contribution in [3.63, 3.8) is 0 Å². The van der Waals surface area contributed by atoms with Crippen LogP contribution in [0.4, 0.5) is 10.1 Å². The largest absolute Gasteiger partial charge is 0.396 e. The van der Waals surface area contributed by atoms with Crippen molar-refractivity contribution in [3.05, 3.63) is 22.4 Å². The van der Waals surface area contributed by atoms with E-state index in [2.05, 4.69) is 15.9 Å². The third kappa shape index (κ3) is 2.76. The molecule has 0 aliphatic carbocycles. The zero-order valence-electron chi connectivity index (χ0n) is 10.0. The number of nitrogens with zero attached hydrogens (tertiary/aromatic N) is 1. The molecule has 106 valence electrons. The predicted octanol–water partition coefficient (Wildman–Crippen LogP) is 1.17. The molecule has 0 radical (unpaired) electrons. The Hall–Kier alpha value is -0.700. The fraction of sp³-hybridized carbons (Fsp3) is 0.455. The molecule has 1 fully saturated rings. The van der Waals surface area contributed by atoms with Gasteiger partial charge >= 0.3 is 0 Å². The summed E-state index contributed by atoms with van der Waals surface area (Å²) in [6, 6.07) is 2.16. The van der Waals surface area contributed by atoms with Crippen molar-refractivity contribution in [2.45, 2.75) is 11.3 Å². The molecule has 1 aromatic carbocycles. The fourth-order valence-electron chi connectivity index (χ4n) is 2.05. The standard InChI is InChI=1S/C11H14BrFN2O3S/c12-8-3-9(13)10(14)4-11(8)19(17,18)15-2-1-7(5-15)6-16/h3-4,7,16H,1-2,5-6,14H2. The van der Waals surface area contributed by atoms with E-state index in [1.165, 1.54) is 4.31 Å². The van der Waals surface area contributed by atoms with Crippen molar-refractivity contribution >= 4 is 31.6 Å². The van der Waals surface area contributed by atoms with E-state index in [-0.39, 0.29) is 34.1 Å². The first-order chi connectivity index (χ1) is 8.86. The van der Waals surface area contributed by atoms with Crippen LogP contribution in [-0.4, -0.2) is 37.5 Å². The van der Waals surface area contributed by atoms with Gasteiger partial charge in [0.25, 0.3) is 0 Å². The van der Waals surface area contributed by atoms with Crippen LogP contribution in [0.3, 0.4) is 0 Å². The zero-order chi connectivity index (χ0) is 14.2. The summed E-state index contributed by atoms with van der Waals surface area (Å²) in [6.07, 6.45) is 0.615. The molecule has 3 N–H and O–H groups in total. The number of hydrogen-bond acceptors (Lipinski definition) is 4. The van der Waals surface area contributed by atoms with E-state index >= 15 is 0 Å². The van der Waals surface area contributed by atoms with Crippen LogP contribution >= 0.6 is 15.9 Å². The number of halogens is 2. The lowest BCUT2D eigenvalue weighted by molar-refractivity contribution is 0.233. The molecule has 19 heavy (non-hydrogen) atoms. The number of benzene rings is 1. The van der Waals surface area contributed by atoms with Gasteiger partial charge in [-0.3, -0.25) is 0 Å². The first-order valence-electron chi connectivity index (χ1n) is 5.71. The second-order valence-electron chi connectivity index (χ2n) is 4.50. The monoisotopic (exact) mass is 352 g/mol. The van der Waals surface area contributed by atoms with Crippen LogP contribution in [0, 0.1) is 11.7 Å². The van der Waals surface area contributed by atoms with Gasteiger partial charge in [-0.15, -0.1) is 0 Å². The maximum Gasteiger partial charge on any atom is 0.244 e. The van der Waals surface area contributed by atoms with E-state index in [0.29, 0.717) is 13.0 Å². The third-order valence-corrected chi connectivity index (χ3v) is 6.00. The van der Waals surface area contributed by atoms with Gasteiger partial charge in [-0.1, -0.05) is 0 Å². The normalized spacial score (nSPS) is 20.9. The third-order valence-electron chi connectivity index (χ3n) is 3.18. The van der Waals surface area contributed by atoms with Crippen LogP contribution in [0.1, 0.15) is 6.42 Å². The average molecular weight is 353 g/mol. The lowest BCUT2D eigenvalue weighted by Crippen LogP contribution is -2.29. The van der Waals surface area contributed by atoms with Crippen molar-refractivity contribution in [3.8, 4) is 0 Å². The number of rotatable bonds is 3. The molecule has 1 heterocycles. The molecule has 1 unspecified atom stereocenters. The number of sulfonamides is 1. The Kier molecular flexibility index (Phi) is 4.14. The molecular weight excluding hydrogens is 339 g/mol. The van der Waals surface area contributed by atoms with Gasteiger partial charge in [0.2, 0.25) is 10.0 Å². The molecule has 1 aromatic rings. The van der Waals surface area contributed by atoms with Crippen LogP contribution in [-0.2, 0) is 10.0 Å². The molecule has 0 aromatic heterocycles. The highest BCUT2D eigenvalue weighted by atomic mass is 79.9. The summed E-state index contributed by atoms with van der Waals surface area (Å²) in [4.78, 5) is -0.0509. The molecule has 0 saturated carbocycles. The summed E-state index contributed by atoms with van der Waals surface area (Å²) in [7, 11) is -3.72. The van der Waals surface area contributed by atoms with Gasteiger partial charge < -0.3 is 10.8 Å². The summed E-state index contributed by atoms with van der Waals surface area (Å²) in [5.74, 6) is -0.716. The zero-order valence-corrected chi connectivity index (χ0v) is 12.4. The van der Waals surface area contributed by atoms with Crippen LogP contribution in [0.25, 0.3) is 0 Å². The number of aliphatic hydroxyl groups is 1. The summed E-state index contributed by atoms with van der Waals surface area (Å²) in [5, 5.41) is 9.05. The van der Waals surface area contributed by atoms with E-state index in [9.17, 15) is 12.8 Å². The molecule has 1 aliphatic heterocycles. The van der Waals surface area contributed by atoms with Gasteiger partial charge in [0.15, 0.2) is 0 Å². The number of nitrogen functional groups attached to an aromatic ring is 1. The molecule has 0 spiro atoms. The van der Waals surface area contributed by atoms with Crippen molar-refractivity contribution in [2.75, 3.05) is 25.4 Å². The first-order valence-corrected chi connectivity index (χ1v) is 7.95. The van der Waals surface area contributed by atoms with E-state index in [0.717, 1.165) is 12.1 Å². The number of aliphatic hydroxyl groups excluding tert-OH is 1. The Balaban J connectivity index is 2.38. The van der Waals surface area contributed by atoms with Gasteiger partial charge in [0.05, 0.1) is 10.6 Å². The SMILES string of the molecule is Nc1cc(S(=O)(=O)N2CCC(CO)C2)c(Br)cc1F. The maximum atomic E-state index is 13.2. The summed E-state index contributed by atoms with van der Waals surface area (Å²) in [6.45, 7) is 0.568. The van der Waals surface area contributed by atoms with Crippen molar-refractivity contribution < 1.29 is 17.9 Å². The topological polar surface area (TPSA) is 83.6 Å². The average Bonchev–Trinajstić information content (AvgIpc) is 2.83. The second-order valence-corrected chi connectivity index (χ2v) is 7.27. The van der Waals surface area contributed by atoms with Gasteiger partial charge in [-0.2, -0.15) is 4.31 Å². The lowest BCUT2D eigenvalue weighted by Gasteiger charge is -2.17. The molecule has 1 atom stereocenters. The molecule has 1 aliphatic rings. The predicted molar refractivity (Wildman–Crippen MR) is 72.5 cm³/mol. The minimum absolute atomic E-state index is 0.0429. The Bertz CT molecular complexity index is 594. The van der Waals surface area contributed by atoms with Crippen molar-refractivity contribution in [1.29, 1.82) is 0 Å². The molecule has 1 saturated heterocycles. The van der Waals surface area contributed by atoms with Gasteiger partial charge in [0.1, 0.15) is 5.82 Å². The Morgan fingerprint density at radius 2 is 2.21 bits per heavy atom. The first kappa shape index (κ1) is 14.7. The van der Waals surface area contributed by atoms with E-state index in [4.69, 9.17) is 10.8 Å². The quantitative estimate of drug-likeness (QED) is 0.800. The van der Waals surface area contributed by atoms with E-state index in [1.54, 1.807) is 0 Å². The molecule has 8 heteroatoms. The minimum Gasteiger partial charge on any atom is -0.396 e. The maximum absolute atomic E-state index is 13.2.